The van der Waals surface area contributed by atoms with E-state index in [1.807, 2.05) is 13.0 Å². The Balaban J connectivity index is 1.59. The van der Waals surface area contributed by atoms with E-state index in [0.29, 0.717) is 40.6 Å². The summed E-state index contributed by atoms with van der Waals surface area (Å²) in [6.07, 6.45) is 3.25. The quantitative estimate of drug-likeness (QED) is 0.637. The van der Waals surface area contributed by atoms with Crippen molar-refractivity contribution in [1.29, 1.82) is 5.26 Å². The Morgan fingerprint density at radius 2 is 2.09 bits per heavy atom. The second kappa shape index (κ2) is 8.35. The molecule has 3 aromatic rings. The predicted octanol–water partition coefficient (Wildman–Crippen LogP) is 3.78. The fraction of sp³-hybridized carbons (Fsp3) is 0.292. The first-order valence-corrected chi connectivity index (χ1v) is 10.2. The van der Waals surface area contributed by atoms with Crippen molar-refractivity contribution in [1.82, 2.24) is 15.0 Å². The number of hydrogen-bond donors (Lipinski definition) is 1. The summed E-state index contributed by atoms with van der Waals surface area (Å²) in [6, 6.07) is 10.8. The minimum Gasteiger partial charge on any atom is -0.489 e. The number of carbonyl (C=O) groups is 1. The summed E-state index contributed by atoms with van der Waals surface area (Å²) in [7, 11) is 0. The number of nitriles is 1. The summed E-state index contributed by atoms with van der Waals surface area (Å²) in [5.41, 5.74) is 1.87. The fourth-order valence-electron chi connectivity index (χ4n) is 3.85. The Hall–Kier alpha value is -3.86. The highest BCUT2D eigenvalue weighted by Crippen LogP contribution is 2.55. The van der Waals surface area contributed by atoms with Crippen molar-refractivity contribution >= 4 is 11.7 Å². The van der Waals surface area contributed by atoms with Gasteiger partial charge in [-0.25, -0.2) is 19.3 Å². The molecule has 1 amide bonds. The standard InChI is InChI=1S/C24H22FN5O2/c1-14-7-22(28-11-20(14)25)30-23(31)19-9-24(19,18-6-4-5-17(8-18)10-26)13-32-21-12-27-16(3)29-15(21)2/h4-8,11-12,19H,9,13H2,1-3H3,(H,28,30,31)/t19-,24+/m0/s1. The highest BCUT2D eigenvalue weighted by atomic mass is 19.1. The van der Waals surface area contributed by atoms with Crippen LogP contribution < -0.4 is 10.1 Å². The Bertz CT molecular complexity index is 1240. The maximum absolute atomic E-state index is 13.5. The molecule has 4 rings (SSSR count). The molecule has 2 aromatic heterocycles. The van der Waals surface area contributed by atoms with E-state index in [2.05, 4.69) is 26.3 Å². The summed E-state index contributed by atoms with van der Waals surface area (Å²) in [5.74, 6) is 0.442. The van der Waals surface area contributed by atoms with E-state index in [1.165, 1.54) is 6.07 Å². The van der Waals surface area contributed by atoms with Crippen molar-refractivity contribution in [3.63, 3.8) is 0 Å². The lowest BCUT2D eigenvalue weighted by molar-refractivity contribution is -0.117. The van der Waals surface area contributed by atoms with Crippen molar-refractivity contribution in [2.75, 3.05) is 11.9 Å². The molecule has 0 saturated heterocycles. The van der Waals surface area contributed by atoms with Gasteiger partial charge in [-0.1, -0.05) is 12.1 Å². The molecule has 1 N–H and O–H groups in total. The Morgan fingerprint density at radius 3 is 2.81 bits per heavy atom. The molecular weight excluding hydrogens is 409 g/mol. The summed E-state index contributed by atoms with van der Waals surface area (Å²) in [5, 5.41) is 12.1. The average molecular weight is 431 g/mol. The molecule has 0 spiro atoms. The van der Waals surface area contributed by atoms with Crippen LogP contribution >= 0.6 is 0 Å². The number of benzene rings is 1. The number of carbonyl (C=O) groups excluding carboxylic acids is 1. The van der Waals surface area contributed by atoms with Crippen LogP contribution in [0.4, 0.5) is 10.2 Å². The smallest absolute Gasteiger partial charge is 0.229 e. The van der Waals surface area contributed by atoms with Gasteiger partial charge < -0.3 is 10.1 Å². The van der Waals surface area contributed by atoms with Gasteiger partial charge in [-0.05, 0) is 56.5 Å². The van der Waals surface area contributed by atoms with E-state index in [1.54, 1.807) is 38.2 Å². The number of aromatic nitrogens is 3. The zero-order chi connectivity index (χ0) is 22.9. The second-order valence-corrected chi connectivity index (χ2v) is 8.07. The predicted molar refractivity (Wildman–Crippen MR) is 116 cm³/mol. The van der Waals surface area contributed by atoms with Gasteiger partial charge in [-0.3, -0.25) is 4.79 Å². The number of amides is 1. The molecular formula is C24H22FN5O2. The maximum Gasteiger partial charge on any atom is 0.229 e. The van der Waals surface area contributed by atoms with Gasteiger partial charge in [0, 0.05) is 5.41 Å². The average Bonchev–Trinajstić information content (AvgIpc) is 3.52. The number of ether oxygens (including phenoxy) is 1. The molecule has 0 radical (unpaired) electrons. The zero-order valence-electron chi connectivity index (χ0n) is 18.0. The molecule has 1 aliphatic rings. The van der Waals surface area contributed by atoms with Gasteiger partial charge in [0.2, 0.25) is 5.91 Å². The van der Waals surface area contributed by atoms with Crippen molar-refractivity contribution in [2.24, 2.45) is 5.92 Å². The van der Waals surface area contributed by atoms with Gasteiger partial charge in [0.15, 0.2) is 5.75 Å². The van der Waals surface area contributed by atoms with E-state index in [4.69, 9.17) is 4.74 Å². The molecule has 1 aromatic carbocycles. The summed E-state index contributed by atoms with van der Waals surface area (Å²) in [4.78, 5) is 25.5. The molecule has 2 atom stereocenters. The third-order valence-corrected chi connectivity index (χ3v) is 5.80. The van der Waals surface area contributed by atoms with E-state index < -0.39 is 17.2 Å². The summed E-state index contributed by atoms with van der Waals surface area (Å²) < 4.78 is 19.6. The number of anilines is 1. The molecule has 7 nitrogen and oxygen atoms in total. The second-order valence-electron chi connectivity index (χ2n) is 8.07. The number of hydrogen-bond acceptors (Lipinski definition) is 6. The fourth-order valence-corrected chi connectivity index (χ4v) is 3.85. The topological polar surface area (TPSA) is 101 Å². The van der Waals surface area contributed by atoms with Gasteiger partial charge in [0.1, 0.15) is 17.5 Å². The van der Waals surface area contributed by atoms with Crippen LogP contribution in [0.3, 0.4) is 0 Å². The van der Waals surface area contributed by atoms with Crippen molar-refractivity contribution in [3.05, 3.63) is 76.8 Å². The molecule has 0 unspecified atom stereocenters. The molecule has 162 valence electrons. The molecule has 0 aliphatic heterocycles. The van der Waals surface area contributed by atoms with E-state index >= 15 is 0 Å². The van der Waals surface area contributed by atoms with Gasteiger partial charge in [-0.15, -0.1) is 0 Å². The number of nitrogens with one attached hydrogen (secondary N) is 1. The van der Waals surface area contributed by atoms with Gasteiger partial charge in [-0.2, -0.15) is 5.26 Å². The van der Waals surface area contributed by atoms with Crippen molar-refractivity contribution < 1.29 is 13.9 Å². The maximum atomic E-state index is 13.5. The summed E-state index contributed by atoms with van der Waals surface area (Å²) in [6.45, 7) is 5.48. The first-order chi connectivity index (χ1) is 15.3. The monoisotopic (exact) mass is 431 g/mol. The van der Waals surface area contributed by atoms with Gasteiger partial charge in [0.25, 0.3) is 0 Å². The molecule has 2 heterocycles. The van der Waals surface area contributed by atoms with Crippen LogP contribution in [0.25, 0.3) is 0 Å². The number of rotatable bonds is 6. The number of pyridine rings is 1. The van der Waals surface area contributed by atoms with E-state index in [9.17, 15) is 14.4 Å². The number of halogens is 1. The van der Waals surface area contributed by atoms with Crippen molar-refractivity contribution in [2.45, 2.75) is 32.6 Å². The lowest BCUT2D eigenvalue weighted by Crippen LogP contribution is -2.27. The molecule has 1 fully saturated rings. The Morgan fingerprint density at radius 1 is 1.28 bits per heavy atom. The van der Waals surface area contributed by atoms with E-state index in [-0.39, 0.29) is 12.5 Å². The van der Waals surface area contributed by atoms with Crippen LogP contribution in [-0.4, -0.2) is 27.5 Å². The van der Waals surface area contributed by atoms with Crippen LogP contribution in [-0.2, 0) is 10.2 Å². The molecule has 1 aliphatic carbocycles. The largest absolute Gasteiger partial charge is 0.489 e. The third-order valence-electron chi connectivity index (χ3n) is 5.80. The zero-order valence-corrected chi connectivity index (χ0v) is 18.0. The van der Waals surface area contributed by atoms with Crippen LogP contribution in [0.15, 0.2) is 42.7 Å². The lowest BCUT2D eigenvalue weighted by atomic mass is 9.92. The lowest BCUT2D eigenvalue weighted by Gasteiger charge is -2.20. The first-order valence-electron chi connectivity index (χ1n) is 10.2. The normalized spacial score (nSPS) is 19.2. The van der Waals surface area contributed by atoms with Gasteiger partial charge in [0.05, 0.1) is 42.2 Å². The minimum absolute atomic E-state index is 0.225. The molecule has 8 heteroatoms. The highest BCUT2D eigenvalue weighted by molar-refractivity contribution is 5.95. The minimum atomic E-state index is -0.608. The third kappa shape index (κ3) is 4.14. The number of nitrogens with zero attached hydrogens (tertiary/aromatic N) is 4. The van der Waals surface area contributed by atoms with Crippen LogP contribution in [0.1, 0.15) is 34.6 Å². The molecule has 32 heavy (non-hydrogen) atoms. The first kappa shape index (κ1) is 21.4. The Kier molecular flexibility index (Phi) is 5.57. The van der Waals surface area contributed by atoms with Gasteiger partial charge >= 0.3 is 0 Å². The van der Waals surface area contributed by atoms with Crippen LogP contribution in [0.5, 0.6) is 5.75 Å². The highest BCUT2D eigenvalue weighted by Gasteiger charge is 2.60. The molecule has 0 bridgehead atoms. The van der Waals surface area contributed by atoms with Crippen LogP contribution in [0.2, 0.25) is 0 Å². The SMILES string of the molecule is Cc1ncc(OC[C@@]2(c3cccc(C#N)c3)C[C@H]2C(=O)Nc2cc(C)c(F)cn2)c(C)n1. The van der Waals surface area contributed by atoms with Crippen LogP contribution in [0, 0.1) is 43.8 Å². The van der Waals surface area contributed by atoms with E-state index in [0.717, 1.165) is 11.8 Å². The summed E-state index contributed by atoms with van der Waals surface area (Å²) >= 11 is 0. The van der Waals surface area contributed by atoms with Crippen molar-refractivity contribution in [3.8, 4) is 11.8 Å². The number of aryl methyl sites for hydroxylation is 3. The Labute approximate surface area is 185 Å². The molecule has 1 saturated carbocycles.